The minimum absolute atomic E-state index is 0.0137. The average Bonchev–Trinajstić information content (AvgIpc) is 3.28. The third-order valence-corrected chi connectivity index (χ3v) is 5.60. The van der Waals surface area contributed by atoms with Crippen molar-refractivity contribution < 1.29 is 4.74 Å². The lowest BCUT2D eigenvalue weighted by Gasteiger charge is -2.24. The molecule has 1 aliphatic carbocycles. The molecule has 0 amide bonds. The summed E-state index contributed by atoms with van der Waals surface area (Å²) in [6, 6.07) is 14.2. The van der Waals surface area contributed by atoms with Gasteiger partial charge in [0, 0.05) is 16.0 Å². The first kappa shape index (κ1) is 15.2. The third-order valence-electron chi connectivity index (χ3n) is 4.14. The zero-order valence-electron chi connectivity index (χ0n) is 11.6. The van der Waals surface area contributed by atoms with Crippen LogP contribution in [0.25, 0.3) is 0 Å². The van der Waals surface area contributed by atoms with Crippen molar-refractivity contribution in [3.05, 3.63) is 63.1 Å². The number of methoxy groups -OCH3 is 1. The Morgan fingerprint density at radius 3 is 2.43 bits per heavy atom. The lowest BCUT2D eigenvalue weighted by Crippen LogP contribution is -2.15. The van der Waals surface area contributed by atoms with Crippen LogP contribution < -0.4 is 4.74 Å². The minimum Gasteiger partial charge on any atom is -0.495 e. The van der Waals surface area contributed by atoms with E-state index >= 15 is 0 Å². The molecule has 0 radical (unpaired) electrons. The second-order valence-corrected chi connectivity index (χ2v) is 7.12. The van der Waals surface area contributed by atoms with Crippen LogP contribution in [-0.2, 0) is 5.41 Å². The second kappa shape index (κ2) is 5.83. The van der Waals surface area contributed by atoms with Crippen molar-refractivity contribution in [2.45, 2.75) is 23.6 Å². The van der Waals surface area contributed by atoms with E-state index in [2.05, 4.69) is 40.2 Å². The smallest absolute Gasteiger partial charge is 0.137 e. The van der Waals surface area contributed by atoms with Crippen LogP contribution in [0.4, 0.5) is 0 Å². The molecule has 3 rings (SSSR count). The fraction of sp³-hybridized carbons (Fsp3) is 0.294. The van der Waals surface area contributed by atoms with E-state index in [9.17, 15) is 0 Å². The van der Waals surface area contributed by atoms with E-state index in [0.29, 0.717) is 5.02 Å². The summed E-state index contributed by atoms with van der Waals surface area (Å²) in [6.07, 6.45) is 2.16. The number of alkyl halides is 1. The molecule has 0 heterocycles. The van der Waals surface area contributed by atoms with Crippen LogP contribution in [0.5, 0.6) is 5.75 Å². The molecule has 21 heavy (non-hydrogen) atoms. The fourth-order valence-corrected chi connectivity index (χ4v) is 4.38. The van der Waals surface area contributed by atoms with Crippen LogP contribution in [-0.4, -0.2) is 7.11 Å². The summed E-state index contributed by atoms with van der Waals surface area (Å²) in [5.41, 5.74) is 2.21. The van der Waals surface area contributed by atoms with Gasteiger partial charge in [0.05, 0.1) is 17.0 Å². The maximum atomic E-state index is 6.86. The molecule has 0 spiro atoms. The molecule has 1 fully saturated rings. The van der Waals surface area contributed by atoms with E-state index in [4.69, 9.17) is 27.9 Å². The maximum Gasteiger partial charge on any atom is 0.137 e. The summed E-state index contributed by atoms with van der Waals surface area (Å²) in [7, 11) is 1.66. The van der Waals surface area contributed by atoms with Gasteiger partial charge in [-0.25, -0.2) is 0 Å². The molecule has 1 nitrogen and oxygen atoms in total. The van der Waals surface area contributed by atoms with E-state index in [0.717, 1.165) is 28.6 Å². The van der Waals surface area contributed by atoms with Crippen LogP contribution in [0.1, 0.15) is 29.3 Å². The molecule has 0 aromatic heterocycles. The number of ether oxygens (including phenoxy) is 1. The summed E-state index contributed by atoms with van der Waals surface area (Å²) in [5.74, 6) is 0.765. The Morgan fingerprint density at radius 2 is 1.86 bits per heavy atom. The van der Waals surface area contributed by atoms with E-state index < -0.39 is 0 Å². The molecule has 4 heteroatoms. The van der Waals surface area contributed by atoms with Crippen molar-refractivity contribution in [2.75, 3.05) is 7.11 Å². The fourth-order valence-electron chi connectivity index (χ4n) is 2.87. The van der Waals surface area contributed by atoms with Gasteiger partial charge in [-0.1, -0.05) is 41.9 Å². The lowest BCUT2D eigenvalue weighted by atomic mass is 9.88. The van der Waals surface area contributed by atoms with E-state index in [1.54, 1.807) is 7.11 Å². The summed E-state index contributed by atoms with van der Waals surface area (Å²) in [6.45, 7) is 0. The third kappa shape index (κ3) is 2.69. The predicted octanol–water partition coefficient (Wildman–Crippen LogP) is 6.12. The van der Waals surface area contributed by atoms with Gasteiger partial charge >= 0.3 is 0 Å². The largest absolute Gasteiger partial charge is 0.495 e. The van der Waals surface area contributed by atoms with Crippen LogP contribution in [0, 0.1) is 0 Å². The first-order chi connectivity index (χ1) is 10.1. The van der Waals surface area contributed by atoms with Crippen molar-refractivity contribution >= 4 is 39.1 Å². The highest BCUT2D eigenvalue weighted by molar-refractivity contribution is 9.10. The molecule has 110 valence electrons. The molecule has 1 aliphatic rings. The van der Waals surface area contributed by atoms with Crippen molar-refractivity contribution in [1.82, 2.24) is 0 Å². The van der Waals surface area contributed by atoms with Crippen LogP contribution >= 0.6 is 39.1 Å². The van der Waals surface area contributed by atoms with Gasteiger partial charge < -0.3 is 4.74 Å². The predicted molar refractivity (Wildman–Crippen MR) is 91.7 cm³/mol. The number of hydrogen-bond acceptors (Lipinski definition) is 1. The quantitative estimate of drug-likeness (QED) is 0.575. The Bertz CT molecular complexity index is 653. The first-order valence-electron chi connectivity index (χ1n) is 6.81. The Morgan fingerprint density at radius 1 is 1.19 bits per heavy atom. The molecule has 0 saturated heterocycles. The monoisotopic (exact) mass is 384 g/mol. The van der Waals surface area contributed by atoms with Gasteiger partial charge in [0.25, 0.3) is 0 Å². The molecule has 0 aliphatic heterocycles. The highest BCUT2D eigenvalue weighted by Crippen LogP contribution is 2.61. The van der Waals surface area contributed by atoms with Crippen LogP contribution in [0.3, 0.4) is 0 Å². The summed E-state index contributed by atoms with van der Waals surface area (Å²) >= 11 is 16.6. The highest BCUT2D eigenvalue weighted by Gasteiger charge is 2.51. The molecule has 0 N–H and O–H groups in total. The topological polar surface area (TPSA) is 9.23 Å². The number of rotatable bonds is 4. The van der Waals surface area contributed by atoms with E-state index in [1.165, 1.54) is 5.56 Å². The normalized spacial score (nSPS) is 17.3. The minimum atomic E-state index is -0.162. The van der Waals surface area contributed by atoms with Gasteiger partial charge in [-0.05, 0) is 46.5 Å². The standard InChI is InChI=1S/C17H15BrCl2O/c1-21-15-13(9-12(19)10-14(15)18)16(20)17(7-8-17)11-5-3-2-4-6-11/h2-6,9-10,16H,7-8H2,1H3. The van der Waals surface area contributed by atoms with Gasteiger partial charge in [0.1, 0.15) is 5.75 Å². The van der Waals surface area contributed by atoms with Crippen LogP contribution in [0.15, 0.2) is 46.9 Å². The number of benzene rings is 2. The van der Waals surface area contributed by atoms with Crippen molar-refractivity contribution in [1.29, 1.82) is 0 Å². The summed E-state index contributed by atoms with van der Waals surface area (Å²) < 4.78 is 6.36. The van der Waals surface area contributed by atoms with Crippen molar-refractivity contribution in [3.8, 4) is 5.75 Å². The average molecular weight is 386 g/mol. The molecular formula is C17H15BrCl2O. The van der Waals surface area contributed by atoms with Crippen LogP contribution in [0.2, 0.25) is 5.02 Å². The van der Waals surface area contributed by atoms with E-state index in [-0.39, 0.29) is 10.8 Å². The summed E-state index contributed by atoms with van der Waals surface area (Å²) in [5, 5.41) is 0.497. The molecule has 1 saturated carbocycles. The Balaban J connectivity index is 2.05. The lowest BCUT2D eigenvalue weighted by molar-refractivity contribution is 0.403. The number of hydrogen-bond donors (Lipinski definition) is 0. The zero-order chi connectivity index (χ0) is 15.0. The second-order valence-electron chi connectivity index (χ2n) is 5.39. The Labute approximate surface area is 143 Å². The van der Waals surface area contributed by atoms with Gasteiger partial charge in [-0.15, -0.1) is 11.6 Å². The Kier molecular flexibility index (Phi) is 4.22. The molecule has 2 aromatic carbocycles. The highest BCUT2D eigenvalue weighted by atomic mass is 79.9. The molecule has 1 atom stereocenters. The SMILES string of the molecule is COc1c(Br)cc(Cl)cc1C(Cl)C1(c2ccccc2)CC1. The van der Waals surface area contributed by atoms with Crippen molar-refractivity contribution in [2.24, 2.45) is 0 Å². The molecule has 1 unspecified atom stereocenters. The summed E-state index contributed by atoms with van der Waals surface area (Å²) in [4.78, 5) is 0. The first-order valence-corrected chi connectivity index (χ1v) is 8.42. The molecule has 2 aromatic rings. The molecule has 0 bridgehead atoms. The van der Waals surface area contributed by atoms with Gasteiger partial charge in [0.15, 0.2) is 0 Å². The van der Waals surface area contributed by atoms with Gasteiger partial charge in [-0.2, -0.15) is 0 Å². The van der Waals surface area contributed by atoms with Gasteiger partial charge in [0.2, 0.25) is 0 Å². The van der Waals surface area contributed by atoms with Gasteiger partial charge in [-0.3, -0.25) is 0 Å². The van der Waals surface area contributed by atoms with Crippen molar-refractivity contribution in [3.63, 3.8) is 0 Å². The molecular weight excluding hydrogens is 371 g/mol. The number of halogens is 3. The maximum absolute atomic E-state index is 6.86. The van der Waals surface area contributed by atoms with E-state index in [1.807, 2.05) is 18.2 Å². The zero-order valence-corrected chi connectivity index (χ0v) is 14.7. The Hall–Kier alpha value is -0.700.